The van der Waals surface area contributed by atoms with E-state index >= 15 is 0 Å². The third-order valence-electron chi connectivity index (χ3n) is 3.88. The fourth-order valence-electron chi connectivity index (χ4n) is 2.57. The predicted molar refractivity (Wildman–Crippen MR) is 78.3 cm³/mol. The van der Waals surface area contributed by atoms with Crippen molar-refractivity contribution in [2.75, 3.05) is 7.05 Å². The third-order valence-corrected chi connectivity index (χ3v) is 3.88. The molecule has 0 bridgehead atoms. The Bertz CT molecular complexity index is 809. The fraction of sp³-hybridized carbons (Fsp3) is 0.538. The van der Waals surface area contributed by atoms with Gasteiger partial charge in [0.1, 0.15) is 5.69 Å². The van der Waals surface area contributed by atoms with E-state index in [4.69, 9.17) is 9.94 Å². The van der Waals surface area contributed by atoms with E-state index in [0.717, 1.165) is 0 Å². The van der Waals surface area contributed by atoms with Gasteiger partial charge in [0.15, 0.2) is 6.23 Å². The van der Waals surface area contributed by atoms with Crippen molar-refractivity contribution >= 4 is 0 Å². The summed E-state index contributed by atoms with van der Waals surface area (Å²) in [6, 6.07) is -0.0209. The van der Waals surface area contributed by atoms with E-state index in [0.29, 0.717) is 24.2 Å². The van der Waals surface area contributed by atoms with Crippen LogP contribution in [0.1, 0.15) is 23.9 Å². The van der Waals surface area contributed by atoms with E-state index in [1.54, 1.807) is 29.9 Å². The second-order valence-electron chi connectivity index (χ2n) is 5.56. The molecule has 10 heteroatoms. The molecule has 0 saturated carbocycles. The zero-order valence-electron chi connectivity index (χ0n) is 12.8. The molecule has 1 saturated heterocycles. The number of rotatable bonds is 4. The van der Waals surface area contributed by atoms with Gasteiger partial charge in [-0.25, -0.2) is 4.79 Å². The topological polar surface area (TPSA) is 118 Å². The Morgan fingerprint density at radius 2 is 2.22 bits per heavy atom. The lowest BCUT2D eigenvalue weighted by atomic mass is 10.2. The maximum absolute atomic E-state index is 11.9. The van der Waals surface area contributed by atoms with Crippen LogP contribution < -0.4 is 11.2 Å². The first-order chi connectivity index (χ1) is 11.0. The number of aromatic amines is 1. The highest BCUT2D eigenvalue weighted by Crippen LogP contribution is 2.27. The molecule has 0 spiro atoms. The van der Waals surface area contributed by atoms with Crippen molar-refractivity contribution in [2.45, 2.75) is 38.8 Å². The largest absolute Gasteiger partial charge is 0.390 e. The fourth-order valence-corrected chi connectivity index (χ4v) is 2.57. The standard InChI is InChI=1S/C13H18N6O4/c1-8-4-19(13(22)14-12(8)21)11-3-10(17(2)23-11)6-18-5-9(7-20)15-16-18/h4-5,10-11,20H,3,6-7H2,1-2H3,(H,14,21,22)/t10-,11+/m1/s1. The molecular formula is C13H18N6O4. The Balaban J connectivity index is 1.77. The molecule has 0 unspecified atom stereocenters. The van der Waals surface area contributed by atoms with Crippen molar-refractivity contribution in [3.05, 3.63) is 44.5 Å². The molecule has 0 radical (unpaired) electrons. The monoisotopic (exact) mass is 322 g/mol. The summed E-state index contributed by atoms with van der Waals surface area (Å²) in [6.45, 7) is 1.99. The minimum absolute atomic E-state index is 0.0209. The second-order valence-corrected chi connectivity index (χ2v) is 5.56. The lowest BCUT2D eigenvalue weighted by molar-refractivity contribution is -0.168. The molecule has 1 fully saturated rings. The average Bonchev–Trinajstić information content (AvgIpc) is 3.10. The molecule has 1 aliphatic rings. The first-order valence-electron chi connectivity index (χ1n) is 7.19. The first-order valence-corrected chi connectivity index (χ1v) is 7.19. The Kier molecular flexibility index (Phi) is 4.11. The number of likely N-dealkylation sites (N-methyl/N-ethyl adjacent to an activating group) is 1. The van der Waals surface area contributed by atoms with Crippen LogP contribution in [0.5, 0.6) is 0 Å². The number of aliphatic hydroxyl groups excluding tert-OH is 1. The van der Waals surface area contributed by atoms with E-state index in [9.17, 15) is 9.59 Å². The summed E-state index contributed by atoms with van der Waals surface area (Å²) < 4.78 is 3.01. The summed E-state index contributed by atoms with van der Waals surface area (Å²) in [5.41, 5.74) is 0.0510. The van der Waals surface area contributed by atoms with Crippen molar-refractivity contribution in [2.24, 2.45) is 0 Å². The average molecular weight is 322 g/mol. The van der Waals surface area contributed by atoms with Crippen LogP contribution in [-0.4, -0.2) is 47.8 Å². The summed E-state index contributed by atoms with van der Waals surface area (Å²) in [5.74, 6) is 0. The van der Waals surface area contributed by atoms with Crippen molar-refractivity contribution < 1.29 is 9.94 Å². The SMILES string of the molecule is Cc1cn([C@@H]2C[C@H](Cn3cc(CO)nn3)N(C)O2)c(=O)[nH]c1=O. The summed E-state index contributed by atoms with van der Waals surface area (Å²) in [7, 11) is 1.78. The van der Waals surface area contributed by atoms with Gasteiger partial charge in [-0.05, 0) is 6.92 Å². The maximum atomic E-state index is 11.9. The Labute approximate surface area is 130 Å². The predicted octanol–water partition coefficient (Wildman–Crippen LogP) is -1.24. The van der Waals surface area contributed by atoms with E-state index in [-0.39, 0.29) is 12.6 Å². The summed E-state index contributed by atoms with van der Waals surface area (Å²) in [4.78, 5) is 31.4. The van der Waals surface area contributed by atoms with Crippen molar-refractivity contribution in [3.63, 3.8) is 0 Å². The summed E-state index contributed by atoms with van der Waals surface area (Å²) >= 11 is 0. The molecule has 3 heterocycles. The van der Waals surface area contributed by atoms with Gasteiger partial charge in [-0.15, -0.1) is 5.10 Å². The van der Waals surface area contributed by atoms with Crippen LogP contribution in [0.4, 0.5) is 0 Å². The molecular weight excluding hydrogens is 304 g/mol. The normalized spacial score (nSPS) is 21.9. The molecule has 2 N–H and O–H groups in total. The van der Waals surface area contributed by atoms with Crippen LogP contribution in [0.15, 0.2) is 22.0 Å². The second kappa shape index (κ2) is 6.07. The van der Waals surface area contributed by atoms with Gasteiger partial charge in [-0.3, -0.25) is 23.9 Å². The molecule has 0 aliphatic carbocycles. The molecule has 2 aromatic rings. The van der Waals surface area contributed by atoms with Gasteiger partial charge in [0.2, 0.25) is 0 Å². The highest BCUT2D eigenvalue weighted by atomic mass is 16.7. The lowest BCUT2D eigenvalue weighted by Gasteiger charge is -2.16. The number of hydrogen-bond acceptors (Lipinski definition) is 7. The van der Waals surface area contributed by atoms with Gasteiger partial charge < -0.3 is 5.11 Å². The zero-order chi connectivity index (χ0) is 16.6. The summed E-state index contributed by atoms with van der Waals surface area (Å²) in [5, 5.41) is 18.4. The highest BCUT2D eigenvalue weighted by molar-refractivity contribution is 5.01. The van der Waals surface area contributed by atoms with Crippen LogP contribution in [0.25, 0.3) is 0 Å². The lowest BCUT2D eigenvalue weighted by Crippen LogP contribution is -2.33. The minimum atomic E-state index is -0.497. The molecule has 23 heavy (non-hydrogen) atoms. The van der Waals surface area contributed by atoms with Gasteiger partial charge in [-0.1, -0.05) is 5.21 Å². The van der Waals surface area contributed by atoms with Crippen LogP contribution in [0.2, 0.25) is 0 Å². The number of aryl methyl sites for hydroxylation is 1. The third kappa shape index (κ3) is 3.09. The van der Waals surface area contributed by atoms with Gasteiger partial charge in [0.25, 0.3) is 5.56 Å². The smallest absolute Gasteiger partial charge is 0.330 e. The molecule has 10 nitrogen and oxygen atoms in total. The van der Waals surface area contributed by atoms with Crippen LogP contribution in [0, 0.1) is 6.92 Å². The number of aromatic nitrogens is 5. The van der Waals surface area contributed by atoms with Gasteiger partial charge >= 0.3 is 5.69 Å². The highest BCUT2D eigenvalue weighted by Gasteiger charge is 2.33. The molecule has 0 aromatic carbocycles. The van der Waals surface area contributed by atoms with Crippen molar-refractivity contribution in [1.29, 1.82) is 0 Å². The number of aliphatic hydroxyl groups is 1. The van der Waals surface area contributed by atoms with E-state index in [1.807, 2.05) is 0 Å². The molecule has 1 aliphatic heterocycles. The quantitative estimate of drug-likeness (QED) is 0.723. The molecule has 0 amide bonds. The number of H-pyrrole nitrogens is 1. The molecule has 124 valence electrons. The Hall–Kier alpha value is -2.30. The number of hydrogen-bond donors (Lipinski definition) is 2. The van der Waals surface area contributed by atoms with Crippen molar-refractivity contribution in [3.8, 4) is 0 Å². The number of nitrogens with zero attached hydrogens (tertiary/aromatic N) is 5. The zero-order valence-corrected chi connectivity index (χ0v) is 12.8. The number of hydroxylamine groups is 2. The van der Waals surface area contributed by atoms with Crippen LogP contribution in [-0.2, 0) is 18.0 Å². The van der Waals surface area contributed by atoms with Gasteiger partial charge in [0, 0.05) is 25.2 Å². The maximum Gasteiger partial charge on any atom is 0.330 e. The Morgan fingerprint density at radius 1 is 1.43 bits per heavy atom. The first kappa shape index (κ1) is 15.6. The van der Waals surface area contributed by atoms with Gasteiger partial charge in [0.05, 0.1) is 25.4 Å². The van der Waals surface area contributed by atoms with Crippen molar-refractivity contribution in [1.82, 2.24) is 29.6 Å². The summed E-state index contributed by atoms with van der Waals surface area (Å²) in [6.07, 6.45) is 3.23. The van der Waals surface area contributed by atoms with E-state index in [1.165, 1.54) is 10.8 Å². The van der Waals surface area contributed by atoms with Crippen LogP contribution in [0.3, 0.4) is 0 Å². The molecule has 2 atom stereocenters. The number of nitrogens with one attached hydrogen (secondary N) is 1. The van der Waals surface area contributed by atoms with E-state index in [2.05, 4.69) is 15.3 Å². The van der Waals surface area contributed by atoms with Gasteiger partial charge in [-0.2, -0.15) is 5.06 Å². The van der Waals surface area contributed by atoms with E-state index < -0.39 is 17.5 Å². The Morgan fingerprint density at radius 3 is 2.91 bits per heavy atom. The van der Waals surface area contributed by atoms with Crippen LogP contribution >= 0.6 is 0 Å². The molecule has 2 aromatic heterocycles. The minimum Gasteiger partial charge on any atom is -0.390 e. The molecule has 3 rings (SSSR count).